The Morgan fingerprint density at radius 3 is 2.45 bits per heavy atom. The Hall–Kier alpha value is -3.46. The van der Waals surface area contributed by atoms with Crippen molar-refractivity contribution in [1.29, 1.82) is 0 Å². The van der Waals surface area contributed by atoms with Crippen molar-refractivity contribution in [1.82, 2.24) is 15.1 Å². The van der Waals surface area contributed by atoms with Gasteiger partial charge in [0.1, 0.15) is 11.4 Å². The molecule has 10 heteroatoms. The molecule has 0 spiro atoms. The number of carbonyl (C=O) groups is 2. The SMILES string of the molecule is CCOc1cc(C(=O)Nc2c(C)cc(Cl)cc2C(=O)NC)n(-c2c(F)cccc2F)n1. The largest absolute Gasteiger partial charge is 0.477 e. The molecule has 0 aliphatic carbocycles. The van der Waals surface area contributed by atoms with E-state index in [1.54, 1.807) is 19.9 Å². The molecule has 31 heavy (non-hydrogen) atoms. The first-order valence-electron chi connectivity index (χ1n) is 9.27. The molecule has 0 saturated carbocycles. The summed E-state index contributed by atoms with van der Waals surface area (Å²) < 4.78 is 34.9. The summed E-state index contributed by atoms with van der Waals surface area (Å²) in [7, 11) is 1.44. The third kappa shape index (κ3) is 4.51. The van der Waals surface area contributed by atoms with Crippen molar-refractivity contribution < 1.29 is 23.1 Å². The molecule has 3 aromatic rings. The molecule has 7 nitrogen and oxygen atoms in total. The van der Waals surface area contributed by atoms with Crippen LogP contribution in [0.5, 0.6) is 5.88 Å². The number of nitrogens with one attached hydrogen (secondary N) is 2. The van der Waals surface area contributed by atoms with Gasteiger partial charge in [0.25, 0.3) is 11.8 Å². The Morgan fingerprint density at radius 2 is 1.84 bits per heavy atom. The fraction of sp³-hybridized carbons (Fsp3) is 0.190. The number of hydrogen-bond donors (Lipinski definition) is 2. The van der Waals surface area contributed by atoms with E-state index in [1.165, 1.54) is 25.2 Å². The van der Waals surface area contributed by atoms with Crippen molar-refractivity contribution in [3.63, 3.8) is 0 Å². The van der Waals surface area contributed by atoms with Crippen molar-refractivity contribution in [2.24, 2.45) is 0 Å². The Bertz CT molecular complexity index is 1140. The lowest BCUT2D eigenvalue weighted by Gasteiger charge is -2.15. The molecule has 0 saturated heterocycles. The highest BCUT2D eigenvalue weighted by atomic mass is 35.5. The van der Waals surface area contributed by atoms with Crippen molar-refractivity contribution in [3.8, 4) is 11.6 Å². The summed E-state index contributed by atoms with van der Waals surface area (Å²) >= 11 is 6.05. The Morgan fingerprint density at radius 1 is 1.16 bits per heavy atom. The number of para-hydroxylation sites is 1. The van der Waals surface area contributed by atoms with Crippen molar-refractivity contribution in [2.45, 2.75) is 13.8 Å². The normalized spacial score (nSPS) is 10.6. The molecule has 0 bridgehead atoms. The van der Waals surface area contributed by atoms with Gasteiger partial charge in [-0.15, -0.1) is 5.10 Å². The van der Waals surface area contributed by atoms with Crippen LogP contribution in [0.4, 0.5) is 14.5 Å². The molecular formula is C21H19ClF2N4O3. The van der Waals surface area contributed by atoms with Crippen LogP contribution in [0.15, 0.2) is 36.4 Å². The summed E-state index contributed by atoms with van der Waals surface area (Å²) in [5.74, 6) is -3.03. The van der Waals surface area contributed by atoms with Gasteiger partial charge in [0.2, 0.25) is 5.88 Å². The highest BCUT2D eigenvalue weighted by Crippen LogP contribution is 2.28. The zero-order chi connectivity index (χ0) is 22.7. The number of nitrogens with zero attached hydrogens (tertiary/aromatic N) is 2. The average Bonchev–Trinajstić information content (AvgIpc) is 3.12. The minimum absolute atomic E-state index is 0.00894. The quantitative estimate of drug-likeness (QED) is 0.594. The third-order valence-electron chi connectivity index (χ3n) is 4.37. The molecular weight excluding hydrogens is 430 g/mol. The van der Waals surface area contributed by atoms with Gasteiger partial charge in [-0.05, 0) is 43.7 Å². The number of rotatable bonds is 6. The lowest BCUT2D eigenvalue weighted by Crippen LogP contribution is -2.23. The van der Waals surface area contributed by atoms with Crippen LogP contribution in [0.25, 0.3) is 5.69 Å². The average molecular weight is 449 g/mol. The fourth-order valence-corrected chi connectivity index (χ4v) is 3.27. The van der Waals surface area contributed by atoms with Gasteiger partial charge < -0.3 is 15.4 Å². The second kappa shape index (κ2) is 9.13. The van der Waals surface area contributed by atoms with E-state index in [4.69, 9.17) is 16.3 Å². The molecule has 0 aliphatic rings. The van der Waals surface area contributed by atoms with Gasteiger partial charge in [-0.2, -0.15) is 0 Å². The van der Waals surface area contributed by atoms with Crippen LogP contribution in [0.1, 0.15) is 33.3 Å². The van der Waals surface area contributed by atoms with Crippen molar-refractivity contribution in [2.75, 3.05) is 19.0 Å². The standard InChI is InChI=1S/C21H19ClF2N4O3/c1-4-31-17-10-16(28(27-17)19-14(23)6-5-7-15(19)24)21(30)26-18-11(2)8-12(22)9-13(18)20(29)25-3/h5-10H,4H2,1-3H3,(H,25,29)(H,26,30). The van der Waals surface area contributed by atoms with Gasteiger partial charge in [0.05, 0.1) is 17.9 Å². The van der Waals surface area contributed by atoms with Crippen LogP contribution in [0.2, 0.25) is 5.02 Å². The van der Waals surface area contributed by atoms with E-state index in [2.05, 4.69) is 15.7 Å². The first-order chi connectivity index (χ1) is 14.8. The second-order valence-corrected chi connectivity index (χ2v) is 6.90. The molecule has 3 rings (SSSR count). The number of benzene rings is 2. The third-order valence-corrected chi connectivity index (χ3v) is 4.59. The maximum atomic E-state index is 14.4. The number of halogens is 3. The number of amides is 2. The predicted octanol–water partition coefficient (Wildman–Crippen LogP) is 4.12. The monoisotopic (exact) mass is 448 g/mol. The molecule has 0 unspecified atom stereocenters. The van der Waals surface area contributed by atoms with Crippen LogP contribution in [-0.4, -0.2) is 35.2 Å². The summed E-state index contributed by atoms with van der Waals surface area (Å²) in [6, 6.07) is 7.54. The Labute approximate surface area is 182 Å². The predicted molar refractivity (Wildman–Crippen MR) is 112 cm³/mol. The van der Waals surface area contributed by atoms with E-state index in [-0.39, 0.29) is 29.4 Å². The van der Waals surface area contributed by atoms with E-state index in [1.807, 2.05) is 0 Å². The molecule has 0 fully saturated rings. The van der Waals surface area contributed by atoms with Crippen molar-refractivity contribution in [3.05, 3.63) is 69.9 Å². The van der Waals surface area contributed by atoms with Gasteiger partial charge in [0.15, 0.2) is 11.6 Å². The molecule has 0 radical (unpaired) electrons. The summed E-state index contributed by atoms with van der Waals surface area (Å²) in [6.07, 6.45) is 0. The number of aryl methyl sites for hydroxylation is 1. The topological polar surface area (TPSA) is 85.2 Å². The lowest BCUT2D eigenvalue weighted by molar-refractivity contribution is 0.0964. The number of aromatic nitrogens is 2. The van der Waals surface area contributed by atoms with Crippen LogP contribution < -0.4 is 15.4 Å². The summed E-state index contributed by atoms with van der Waals surface area (Å²) in [5, 5.41) is 9.43. The second-order valence-electron chi connectivity index (χ2n) is 6.46. The number of ether oxygens (including phenoxy) is 1. The highest BCUT2D eigenvalue weighted by Gasteiger charge is 2.24. The smallest absolute Gasteiger partial charge is 0.274 e. The molecule has 2 aromatic carbocycles. The Balaban J connectivity index is 2.11. The molecule has 0 aliphatic heterocycles. The summed E-state index contributed by atoms with van der Waals surface area (Å²) in [5.41, 5.74) is 0.137. The van der Waals surface area contributed by atoms with Crippen LogP contribution in [0, 0.1) is 18.6 Å². The molecule has 0 atom stereocenters. The van der Waals surface area contributed by atoms with E-state index < -0.39 is 29.1 Å². The fourth-order valence-electron chi connectivity index (χ4n) is 3.00. The van der Waals surface area contributed by atoms with Gasteiger partial charge >= 0.3 is 0 Å². The molecule has 1 aromatic heterocycles. The van der Waals surface area contributed by atoms with Crippen molar-refractivity contribution >= 4 is 29.1 Å². The Kier molecular flexibility index (Phi) is 6.55. The molecule has 162 valence electrons. The molecule has 2 amide bonds. The summed E-state index contributed by atoms with van der Waals surface area (Å²) in [6.45, 7) is 3.59. The van der Waals surface area contributed by atoms with Gasteiger partial charge in [-0.25, -0.2) is 13.5 Å². The van der Waals surface area contributed by atoms with E-state index in [9.17, 15) is 18.4 Å². The minimum atomic E-state index is -0.908. The highest BCUT2D eigenvalue weighted by molar-refractivity contribution is 6.31. The van der Waals surface area contributed by atoms with Crippen LogP contribution in [0.3, 0.4) is 0 Å². The zero-order valence-corrected chi connectivity index (χ0v) is 17.7. The first kappa shape index (κ1) is 22.2. The minimum Gasteiger partial charge on any atom is -0.477 e. The van der Waals surface area contributed by atoms with Gasteiger partial charge in [-0.3, -0.25) is 9.59 Å². The first-order valence-corrected chi connectivity index (χ1v) is 9.65. The van der Waals surface area contributed by atoms with Crippen LogP contribution >= 0.6 is 11.6 Å². The molecule has 2 N–H and O–H groups in total. The maximum Gasteiger partial charge on any atom is 0.274 e. The van der Waals surface area contributed by atoms with Gasteiger partial charge in [-0.1, -0.05) is 17.7 Å². The molecule has 1 heterocycles. The van der Waals surface area contributed by atoms with E-state index in [0.29, 0.717) is 10.6 Å². The number of hydrogen-bond acceptors (Lipinski definition) is 4. The van der Waals surface area contributed by atoms with Gasteiger partial charge in [0, 0.05) is 18.1 Å². The summed E-state index contributed by atoms with van der Waals surface area (Å²) in [4.78, 5) is 25.4. The zero-order valence-electron chi connectivity index (χ0n) is 16.9. The number of anilines is 1. The van der Waals surface area contributed by atoms with E-state index in [0.717, 1.165) is 16.8 Å². The van der Waals surface area contributed by atoms with E-state index >= 15 is 0 Å². The number of carbonyl (C=O) groups excluding carboxylic acids is 2. The maximum absolute atomic E-state index is 14.4. The lowest BCUT2D eigenvalue weighted by atomic mass is 10.1. The van der Waals surface area contributed by atoms with Crippen LogP contribution in [-0.2, 0) is 0 Å².